The molecule has 2 rings (SSSR count). The van der Waals surface area contributed by atoms with Crippen LogP contribution >= 0.6 is 0 Å². The van der Waals surface area contributed by atoms with E-state index in [1.807, 2.05) is 25.2 Å². The fourth-order valence-corrected chi connectivity index (χ4v) is 3.81. The van der Waals surface area contributed by atoms with Gasteiger partial charge in [-0.3, -0.25) is 0 Å². The Balaban J connectivity index is 2.32. The van der Waals surface area contributed by atoms with Crippen LogP contribution < -0.4 is 14.8 Å². The third kappa shape index (κ3) is 3.52. The van der Waals surface area contributed by atoms with Crippen molar-refractivity contribution in [2.45, 2.75) is 45.1 Å². The maximum atomic E-state index is 5.59. The van der Waals surface area contributed by atoms with E-state index in [1.165, 1.54) is 37.7 Å². The first kappa shape index (κ1) is 16.2. The highest BCUT2D eigenvalue weighted by atomic mass is 16.5. The fourth-order valence-electron chi connectivity index (χ4n) is 3.81. The summed E-state index contributed by atoms with van der Waals surface area (Å²) in [6.07, 6.45) is 6.58. The standard InChI is InChI=1S/C18H29NO2/c1-5-13-8-6-9-14(12-13)18(19-2)17-15(20-3)10-7-11-16(17)21-4/h7,10-11,13-14,18-19H,5-6,8-9,12H2,1-4H3. The zero-order valence-corrected chi connectivity index (χ0v) is 13.8. The summed E-state index contributed by atoms with van der Waals surface area (Å²) in [7, 11) is 5.52. The van der Waals surface area contributed by atoms with Crippen LogP contribution in [0.15, 0.2) is 18.2 Å². The van der Waals surface area contributed by atoms with E-state index in [0.717, 1.165) is 17.4 Å². The first-order valence-electron chi connectivity index (χ1n) is 8.13. The van der Waals surface area contributed by atoms with Crippen LogP contribution in [-0.2, 0) is 0 Å². The van der Waals surface area contributed by atoms with Crippen LogP contribution in [0.3, 0.4) is 0 Å². The van der Waals surface area contributed by atoms with E-state index in [9.17, 15) is 0 Å². The van der Waals surface area contributed by atoms with Gasteiger partial charge in [0.25, 0.3) is 0 Å². The Bertz CT molecular complexity index is 425. The summed E-state index contributed by atoms with van der Waals surface area (Å²) in [5, 5.41) is 3.52. The van der Waals surface area contributed by atoms with Gasteiger partial charge in [-0.1, -0.05) is 32.3 Å². The van der Waals surface area contributed by atoms with Gasteiger partial charge in [-0.25, -0.2) is 0 Å². The van der Waals surface area contributed by atoms with Crippen molar-refractivity contribution < 1.29 is 9.47 Å². The molecule has 3 atom stereocenters. The SMILES string of the molecule is CCC1CCCC(C(NC)c2c(OC)cccc2OC)C1. The normalized spacial score (nSPS) is 23.6. The van der Waals surface area contributed by atoms with Crippen molar-refractivity contribution in [2.24, 2.45) is 11.8 Å². The quantitative estimate of drug-likeness (QED) is 0.853. The van der Waals surface area contributed by atoms with Crippen molar-refractivity contribution in [3.63, 3.8) is 0 Å². The van der Waals surface area contributed by atoms with Crippen LogP contribution in [-0.4, -0.2) is 21.3 Å². The summed E-state index contributed by atoms with van der Waals surface area (Å²) in [6, 6.07) is 6.35. The van der Waals surface area contributed by atoms with Crippen LogP contribution in [0, 0.1) is 11.8 Å². The lowest BCUT2D eigenvalue weighted by Gasteiger charge is -2.35. The minimum Gasteiger partial charge on any atom is -0.496 e. The molecule has 1 aliphatic carbocycles. The molecule has 3 nitrogen and oxygen atoms in total. The summed E-state index contributed by atoms with van der Waals surface area (Å²) in [6.45, 7) is 2.31. The average Bonchev–Trinajstić information content (AvgIpc) is 2.55. The summed E-state index contributed by atoms with van der Waals surface area (Å²) in [5.74, 6) is 3.36. The van der Waals surface area contributed by atoms with Gasteiger partial charge in [-0.2, -0.15) is 0 Å². The Labute approximate surface area is 129 Å². The van der Waals surface area contributed by atoms with Crippen LogP contribution in [0.25, 0.3) is 0 Å². The van der Waals surface area contributed by atoms with Crippen molar-refractivity contribution in [1.82, 2.24) is 5.32 Å². The molecule has 0 radical (unpaired) electrons. The summed E-state index contributed by atoms with van der Waals surface area (Å²) in [4.78, 5) is 0. The molecule has 0 saturated heterocycles. The van der Waals surface area contributed by atoms with Gasteiger partial charge in [0, 0.05) is 6.04 Å². The number of methoxy groups -OCH3 is 2. The van der Waals surface area contributed by atoms with Gasteiger partial charge in [0.05, 0.1) is 19.8 Å². The van der Waals surface area contributed by atoms with E-state index < -0.39 is 0 Å². The van der Waals surface area contributed by atoms with Crippen molar-refractivity contribution in [2.75, 3.05) is 21.3 Å². The average molecular weight is 291 g/mol. The molecule has 0 aromatic heterocycles. The third-order valence-electron chi connectivity index (χ3n) is 4.96. The van der Waals surface area contributed by atoms with Crippen molar-refractivity contribution in [3.8, 4) is 11.5 Å². The Morgan fingerprint density at radius 3 is 2.38 bits per heavy atom. The van der Waals surface area contributed by atoms with Crippen molar-refractivity contribution in [1.29, 1.82) is 0 Å². The Hall–Kier alpha value is -1.22. The minimum absolute atomic E-state index is 0.297. The molecule has 1 aromatic carbocycles. The van der Waals surface area contributed by atoms with Gasteiger partial charge in [0.2, 0.25) is 0 Å². The predicted octanol–water partition coefficient (Wildman–Crippen LogP) is 4.18. The van der Waals surface area contributed by atoms with E-state index in [4.69, 9.17) is 9.47 Å². The fraction of sp³-hybridized carbons (Fsp3) is 0.667. The zero-order chi connectivity index (χ0) is 15.2. The molecule has 1 aliphatic rings. The number of hydrogen-bond donors (Lipinski definition) is 1. The highest BCUT2D eigenvalue weighted by Gasteiger charge is 2.31. The predicted molar refractivity (Wildman–Crippen MR) is 87.1 cm³/mol. The van der Waals surface area contributed by atoms with Gasteiger partial charge >= 0.3 is 0 Å². The Kier molecular flexibility index (Phi) is 5.92. The Morgan fingerprint density at radius 2 is 1.86 bits per heavy atom. The van der Waals surface area contributed by atoms with Crippen LogP contribution in [0.5, 0.6) is 11.5 Å². The van der Waals surface area contributed by atoms with Gasteiger partial charge in [0.1, 0.15) is 11.5 Å². The van der Waals surface area contributed by atoms with Gasteiger partial charge in [-0.15, -0.1) is 0 Å². The first-order valence-corrected chi connectivity index (χ1v) is 8.13. The highest BCUT2D eigenvalue weighted by molar-refractivity contribution is 5.47. The smallest absolute Gasteiger partial charge is 0.127 e. The molecule has 1 fully saturated rings. The third-order valence-corrected chi connectivity index (χ3v) is 4.96. The van der Waals surface area contributed by atoms with Crippen molar-refractivity contribution in [3.05, 3.63) is 23.8 Å². The second kappa shape index (κ2) is 7.69. The van der Waals surface area contributed by atoms with E-state index >= 15 is 0 Å². The molecule has 1 aromatic rings. The molecule has 1 N–H and O–H groups in total. The molecule has 0 aliphatic heterocycles. The molecular weight excluding hydrogens is 262 g/mol. The molecule has 3 heteroatoms. The lowest BCUT2D eigenvalue weighted by molar-refractivity contribution is 0.209. The molecule has 3 unspecified atom stereocenters. The van der Waals surface area contributed by atoms with Gasteiger partial charge in [0.15, 0.2) is 0 Å². The maximum absolute atomic E-state index is 5.59. The molecule has 0 bridgehead atoms. The summed E-state index contributed by atoms with van der Waals surface area (Å²) < 4.78 is 11.2. The first-order chi connectivity index (χ1) is 10.2. The highest BCUT2D eigenvalue weighted by Crippen LogP contribution is 2.43. The lowest BCUT2D eigenvalue weighted by Crippen LogP contribution is -2.30. The van der Waals surface area contributed by atoms with Gasteiger partial charge in [-0.05, 0) is 43.9 Å². The lowest BCUT2D eigenvalue weighted by atomic mass is 9.75. The largest absolute Gasteiger partial charge is 0.496 e. The van der Waals surface area contributed by atoms with Crippen molar-refractivity contribution >= 4 is 0 Å². The minimum atomic E-state index is 0.297. The monoisotopic (exact) mass is 291 g/mol. The topological polar surface area (TPSA) is 30.5 Å². The maximum Gasteiger partial charge on any atom is 0.127 e. The second-order valence-electron chi connectivity index (χ2n) is 6.04. The number of rotatable bonds is 6. The molecule has 0 amide bonds. The molecule has 0 heterocycles. The van der Waals surface area contributed by atoms with Crippen LogP contribution in [0.2, 0.25) is 0 Å². The van der Waals surface area contributed by atoms with Gasteiger partial charge < -0.3 is 14.8 Å². The molecular formula is C18H29NO2. The van der Waals surface area contributed by atoms with E-state index in [-0.39, 0.29) is 0 Å². The second-order valence-corrected chi connectivity index (χ2v) is 6.04. The summed E-state index contributed by atoms with van der Waals surface area (Å²) >= 11 is 0. The number of benzene rings is 1. The van der Waals surface area contributed by atoms with E-state index in [0.29, 0.717) is 12.0 Å². The van der Waals surface area contributed by atoms with Crippen LogP contribution in [0.4, 0.5) is 0 Å². The van der Waals surface area contributed by atoms with E-state index in [1.54, 1.807) is 14.2 Å². The number of hydrogen-bond acceptors (Lipinski definition) is 3. The Morgan fingerprint density at radius 1 is 1.19 bits per heavy atom. The zero-order valence-electron chi connectivity index (χ0n) is 13.8. The molecule has 118 valence electrons. The van der Waals surface area contributed by atoms with E-state index in [2.05, 4.69) is 12.2 Å². The number of nitrogens with one attached hydrogen (secondary N) is 1. The number of ether oxygens (including phenoxy) is 2. The summed E-state index contributed by atoms with van der Waals surface area (Å²) in [5.41, 5.74) is 1.17. The molecule has 1 saturated carbocycles. The van der Waals surface area contributed by atoms with Crippen LogP contribution in [0.1, 0.15) is 50.6 Å². The molecule has 21 heavy (non-hydrogen) atoms. The molecule has 0 spiro atoms.